The van der Waals surface area contributed by atoms with Gasteiger partial charge in [0.1, 0.15) is 11.5 Å². The molecular formula is C40H27N3O. The number of aromatic nitrogens is 3. The van der Waals surface area contributed by atoms with Crippen molar-refractivity contribution >= 4 is 5.57 Å². The maximum atomic E-state index is 6.70. The molecule has 4 heteroatoms. The van der Waals surface area contributed by atoms with Crippen LogP contribution in [0.3, 0.4) is 0 Å². The van der Waals surface area contributed by atoms with Gasteiger partial charge in [-0.3, -0.25) is 0 Å². The zero-order valence-corrected chi connectivity index (χ0v) is 23.9. The second-order valence-electron chi connectivity index (χ2n) is 11.5. The molecule has 0 radical (unpaired) electrons. The van der Waals surface area contributed by atoms with E-state index in [1.807, 2.05) is 36.4 Å². The lowest BCUT2D eigenvalue weighted by atomic mass is 9.64. The molecule has 1 spiro atoms. The summed E-state index contributed by atoms with van der Waals surface area (Å²) in [6.45, 7) is 0. The number of hydrogen-bond acceptors (Lipinski definition) is 4. The Morgan fingerprint density at radius 2 is 0.977 bits per heavy atom. The molecule has 0 saturated heterocycles. The van der Waals surface area contributed by atoms with Crippen molar-refractivity contribution in [1.82, 2.24) is 15.0 Å². The van der Waals surface area contributed by atoms with E-state index >= 15 is 0 Å². The molecule has 44 heavy (non-hydrogen) atoms. The summed E-state index contributed by atoms with van der Waals surface area (Å²) in [7, 11) is 0. The van der Waals surface area contributed by atoms with Crippen molar-refractivity contribution in [3.8, 4) is 39.7 Å². The zero-order valence-electron chi connectivity index (χ0n) is 23.9. The van der Waals surface area contributed by atoms with Gasteiger partial charge in [-0.25, -0.2) is 15.0 Å². The number of hydrogen-bond donors (Lipinski definition) is 0. The average Bonchev–Trinajstić information content (AvgIpc) is 3.40. The highest BCUT2D eigenvalue weighted by molar-refractivity contribution is 5.89. The van der Waals surface area contributed by atoms with Crippen molar-refractivity contribution in [3.63, 3.8) is 0 Å². The van der Waals surface area contributed by atoms with Gasteiger partial charge in [-0.15, -0.1) is 0 Å². The summed E-state index contributed by atoms with van der Waals surface area (Å²) >= 11 is 0. The quantitative estimate of drug-likeness (QED) is 0.215. The number of ether oxygens (including phenoxy) is 1. The molecule has 208 valence electrons. The van der Waals surface area contributed by atoms with Gasteiger partial charge in [0.2, 0.25) is 0 Å². The fraction of sp³-hybridized carbons (Fsp3) is 0.0750. The second-order valence-corrected chi connectivity index (χ2v) is 11.5. The SMILES string of the molecule is C1=C(c2nc(-c3ccccc3)nc(-c3ccccc3)n2)CCC2=C1C1(c3ccccc3O2)c2ccccc2-c2ccccc21. The molecule has 0 bridgehead atoms. The molecular weight excluding hydrogens is 538 g/mol. The van der Waals surface area contributed by atoms with Gasteiger partial charge in [0.25, 0.3) is 0 Å². The van der Waals surface area contributed by atoms with Gasteiger partial charge >= 0.3 is 0 Å². The molecule has 3 aliphatic rings. The molecule has 1 aromatic heterocycles. The van der Waals surface area contributed by atoms with Gasteiger partial charge in [0, 0.05) is 28.7 Å². The first-order valence-corrected chi connectivity index (χ1v) is 15.1. The van der Waals surface area contributed by atoms with Gasteiger partial charge in [0.15, 0.2) is 17.5 Å². The maximum Gasteiger partial charge on any atom is 0.164 e. The van der Waals surface area contributed by atoms with E-state index in [4.69, 9.17) is 19.7 Å². The third kappa shape index (κ3) is 3.61. The third-order valence-electron chi connectivity index (χ3n) is 9.11. The van der Waals surface area contributed by atoms with Gasteiger partial charge in [0.05, 0.1) is 5.41 Å². The average molecular weight is 566 g/mol. The summed E-state index contributed by atoms with van der Waals surface area (Å²) in [6.07, 6.45) is 3.84. The molecule has 5 aromatic carbocycles. The van der Waals surface area contributed by atoms with Gasteiger partial charge in [-0.05, 0) is 46.4 Å². The molecule has 2 aliphatic carbocycles. The fourth-order valence-electron chi connectivity index (χ4n) is 7.22. The number of allylic oxidation sites excluding steroid dienone is 4. The summed E-state index contributed by atoms with van der Waals surface area (Å²) in [5, 5.41) is 0. The number of benzene rings is 5. The van der Waals surface area contributed by atoms with Crippen molar-refractivity contribution < 1.29 is 4.74 Å². The smallest absolute Gasteiger partial charge is 0.164 e. The first-order valence-electron chi connectivity index (χ1n) is 15.1. The summed E-state index contributed by atoms with van der Waals surface area (Å²) in [5.41, 5.74) is 9.96. The molecule has 6 aromatic rings. The van der Waals surface area contributed by atoms with E-state index in [2.05, 4.69) is 103 Å². The highest BCUT2D eigenvalue weighted by Crippen LogP contribution is 2.61. The largest absolute Gasteiger partial charge is 0.461 e. The Balaban J connectivity index is 1.30. The molecule has 0 atom stereocenters. The molecule has 0 unspecified atom stereocenters. The summed E-state index contributed by atoms with van der Waals surface area (Å²) < 4.78 is 6.70. The zero-order chi connectivity index (χ0) is 29.1. The fourth-order valence-corrected chi connectivity index (χ4v) is 7.22. The van der Waals surface area contributed by atoms with E-state index in [0.717, 1.165) is 46.6 Å². The van der Waals surface area contributed by atoms with Crippen LogP contribution in [0.2, 0.25) is 0 Å². The molecule has 4 nitrogen and oxygen atoms in total. The van der Waals surface area contributed by atoms with E-state index < -0.39 is 5.41 Å². The standard InChI is InChI=1S/C40H27N3O/c1-3-13-26(14-4-1)37-41-38(27-15-5-2-6-16-27)43-39(42-37)28-23-24-36-34(25-28)40(33-21-11-12-22-35(33)44-36)31-19-9-7-17-29(31)30-18-8-10-20-32(30)40/h1-22,25H,23-24H2. The lowest BCUT2D eigenvalue weighted by Gasteiger charge is -2.41. The predicted octanol–water partition coefficient (Wildman–Crippen LogP) is 9.04. The van der Waals surface area contributed by atoms with E-state index in [1.54, 1.807) is 0 Å². The van der Waals surface area contributed by atoms with Gasteiger partial charge in [-0.1, -0.05) is 127 Å². The number of fused-ring (bicyclic) bond motifs is 8. The third-order valence-corrected chi connectivity index (χ3v) is 9.11. The normalized spacial score (nSPS) is 15.5. The molecule has 0 saturated carbocycles. The molecule has 9 rings (SSSR count). The minimum Gasteiger partial charge on any atom is -0.461 e. The Hall–Kier alpha value is -5.61. The topological polar surface area (TPSA) is 47.9 Å². The van der Waals surface area contributed by atoms with Crippen LogP contribution in [0.1, 0.15) is 35.4 Å². The molecule has 2 heterocycles. The predicted molar refractivity (Wildman–Crippen MR) is 174 cm³/mol. The summed E-state index contributed by atoms with van der Waals surface area (Å²) in [5.74, 6) is 3.99. The molecule has 1 aliphatic heterocycles. The Bertz CT molecular complexity index is 2040. The van der Waals surface area contributed by atoms with E-state index in [1.165, 1.54) is 27.8 Å². The van der Waals surface area contributed by atoms with Crippen LogP contribution in [0, 0.1) is 0 Å². The first kappa shape index (κ1) is 24.9. The summed E-state index contributed by atoms with van der Waals surface area (Å²) in [6, 6.07) is 46.5. The van der Waals surface area contributed by atoms with E-state index in [9.17, 15) is 0 Å². The van der Waals surface area contributed by atoms with Crippen LogP contribution in [0.15, 0.2) is 151 Å². The van der Waals surface area contributed by atoms with Crippen LogP contribution in [0.4, 0.5) is 0 Å². The Labute approximate surface area is 256 Å². The Morgan fingerprint density at radius 3 is 1.59 bits per heavy atom. The van der Waals surface area contributed by atoms with Crippen molar-refractivity contribution in [2.75, 3.05) is 0 Å². The lowest BCUT2D eigenvalue weighted by molar-refractivity contribution is 0.365. The van der Waals surface area contributed by atoms with Crippen LogP contribution >= 0.6 is 0 Å². The Morgan fingerprint density at radius 1 is 0.477 bits per heavy atom. The molecule has 0 amide bonds. The van der Waals surface area contributed by atoms with Crippen molar-refractivity contribution in [2.24, 2.45) is 0 Å². The molecule has 0 fully saturated rings. The summed E-state index contributed by atoms with van der Waals surface area (Å²) in [4.78, 5) is 15.1. The highest BCUT2D eigenvalue weighted by atomic mass is 16.5. The highest BCUT2D eigenvalue weighted by Gasteiger charge is 2.52. The number of para-hydroxylation sites is 1. The lowest BCUT2D eigenvalue weighted by Crippen LogP contribution is -2.35. The number of nitrogens with zero attached hydrogens (tertiary/aromatic N) is 3. The maximum absolute atomic E-state index is 6.70. The van der Waals surface area contributed by atoms with Gasteiger partial charge < -0.3 is 4.74 Å². The van der Waals surface area contributed by atoms with Crippen LogP contribution in [-0.2, 0) is 5.41 Å². The van der Waals surface area contributed by atoms with Gasteiger partial charge in [-0.2, -0.15) is 0 Å². The monoisotopic (exact) mass is 565 g/mol. The van der Waals surface area contributed by atoms with Crippen LogP contribution < -0.4 is 4.74 Å². The Kier molecular flexibility index (Phi) is 5.51. The van der Waals surface area contributed by atoms with Crippen molar-refractivity contribution in [2.45, 2.75) is 18.3 Å². The van der Waals surface area contributed by atoms with Crippen molar-refractivity contribution in [3.05, 3.63) is 173 Å². The molecule has 0 N–H and O–H groups in total. The van der Waals surface area contributed by atoms with Crippen LogP contribution in [-0.4, -0.2) is 15.0 Å². The second kappa shape index (κ2) is 9.72. The first-order chi connectivity index (χ1) is 21.8. The minimum atomic E-state index is -0.499. The van der Waals surface area contributed by atoms with E-state index in [-0.39, 0.29) is 0 Å². The van der Waals surface area contributed by atoms with E-state index in [0.29, 0.717) is 17.5 Å². The minimum absolute atomic E-state index is 0.499. The van der Waals surface area contributed by atoms with Crippen LogP contribution in [0.25, 0.3) is 39.5 Å². The number of rotatable bonds is 3. The van der Waals surface area contributed by atoms with Crippen molar-refractivity contribution in [1.29, 1.82) is 0 Å². The van der Waals surface area contributed by atoms with Crippen LogP contribution in [0.5, 0.6) is 5.75 Å².